The number of carbonyl (C=O) groups is 2. The Balaban J connectivity index is 1.53. The highest BCUT2D eigenvalue weighted by atomic mass is 16.2. The fourth-order valence-corrected chi connectivity index (χ4v) is 3.25. The van der Waals surface area contributed by atoms with Gasteiger partial charge < -0.3 is 15.5 Å². The van der Waals surface area contributed by atoms with Gasteiger partial charge in [-0.05, 0) is 43.9 Å². The molecule has 0 radical (unpaired) electrons. The van der Waals surface area contributed by atoms with E-state index in [9.17, 15) is 9.59 Å². The van der Waals surface area contributed by atoms with Gasteiger partial charge in [-0.15, -0.1) is 0 Å². The number of hydrogen-bond acceptors (Lipinski definition) is 5. The molecule has 0 saturated carbocycles. The molecule has 0 spiro atoms. The minimum Gasteiger partial charge on any atom is -0.357 e. The molecule has 124 valence electrons. The van der Waals surface area contributed by atoms with Gasteiger partial charge in [-0.25, -0.2) is 4.98 Å². The van der Waals surface area contributed by atoms with Crippen molar-refractivity contribution in [2.75, 3.05) is 24.5 Å². The van der Waals surface area contributed by atoms with Crippen LogP contribution in [0.15, 0.2) is 18.3 Å². The van der Waals surface area contributed by atoms with E-state index in [0.29, 0.717) is 19.5 Å². The summed E-state index contributed by atoms with van der Waals surface area (Å²) in [6.07, 6.45) is 4.83. The first kappa shape index (κ1) is 15.9. The molecule has 2 fully saturated rings. The number of anilines is 1. The standard InChI is InChI=1S/C17H24N4O2/c1-12(22)14-9-15(19-11-14)17(23)20-10-13-4-5-18-16(8-13)21-6-2-3-7-21/h4-5,8,14-15,19H,2-3,6-7,9-11H2,1H3,(H,20,23). The average molecular weight is 316 g/mol. The molecule has 0 aromatic carbocycles. The van der Waals surface area contributed by atoms with Crippen LogP contribution in [0.1, 0.15) is 31.7 Å². The van der Waals surface area contributed by atoms with Crippen molar-refractivity contribution in [3.63, 3.8) is 0 Å². The molecule has 1 aromatic heterocycles. The fourth-order valence-electron chi connectivity index (χ4n) is 3.25. The van der Waals surface area contributed by atoms with Gasteiger partial charge in [0.25, 0.3) is 0 Å². The predicted molar refractivity (Wildman–Crippen MR) is 88.1 cm³/mol. The van der Waals surface area contributed by atoms with E-state index in [1.165, 1.54) is 12.8 Å². The Morgan fingerprint density at radius 1 is 1.39 bits per heavy atom. The number of ketones is 1. The van der Waals surface area contributed by atoms with Crippen LogP contribution in [0.2, 0.25) is 0 Å². The predicted octanol–water partition coefficient (Wildman–Crippen LogP) is 0.865. The highest BCUT2D eigenvalue weighted by Crippen LogP contribution is 2.19. The number of pyridine rings is 1. The lowest BCUT2D eigenvalue weighted by Gasteiger charge is -2.17. The van der Waals surface area contributed by atoms with Crippen LogP contribution in [0.3, 0.4) is 0 Å². The molecule has 6 nitrogen and oxygen atoms in total. The van der Waals surface area contributed by atoms with Gasteiger partial charge in [-0.2, -0.15) is 0 Å². The first-order valence-corrected chi connectivity index (χ1v) is 8.35. The Hall–Kier alpha value is -1.95. The van der Waals surface area contributed by atoms with E-state index >= 15 is 0 Å². The van der Waals surface area contributed by atoms with E-state index in [2.05, 4.69) is 20.5 Å². The molecule has 23 heavy (non-hydrogen) atoms. The van der Waals surface area contributed by atoms with E-state index in [1.807, 2.05) is 12.1 Å². The van der Waals surface area contributed by atoms with Gasteiger partial charge in [0.15, 0.2) is 0 Å². The Morgan fingerprint density at radius 3 is 2.87 bits per heavy atom. The summed E-state index contributed by atoms with van der Waals surface area (Å²) in [6.45, 7) is 4.79. The molecule has 2 N–H and O–H groups in total. The number of amides is 1. The van der Waals surface area contributed by atoms with Gasteiger partial charge in [0.2, 0.25) is 5.91 Å². The molecular formula is C17H24N4O2. The summed E-state index contributed by atoms with van der Waals surface area (Å²) in [7, 11) is 0. The van der Waals surface area contributed by atoms with Crippen LogP contribution in [0.25, 0.3) is 0 Å². The van der Waals surface area contributed by atoms with Gasteiger partial charge >= 0.3 is 0 Å². The summed E-state index contributed by atoms with van der Waals surface area (Å²) in [5, 5.41) is 6.09. The SMILES string of the molecule is CC(=O)C1CNC(C(=O)NCc2ccnc(N3CCCC3)c2)C1. The smallest absolute Gasteiger partial charge is 0.237 e. The van der Waals surface area contributed by atoms with Crippen LogP contribution >= 0.6 is 0 Å². The minimum atomic E-state index is -0.260. The second-order valence-corrected chi connectivity index (χ2v) is 6.44. The first-order valence-electron chi connectivity index (χ1n) is 8.35. The number of nitrogens with zero attached hydrogens (tertiary/aromatic N) is 2. The molecule has 3 rings (SSSR count). The molecule has 1 aromatic rings. The molecule has 1 amide bonds. The second-order valence-electron chi connectivity index (χ2n) is 6.44. The normalized spacial score (nSPS) is 24.0. The number of hydrogen-bond donors (Lipinski definition) is 2. The molecule has 0 bridgehead atoms. The lowest BCUT2D eigenvalue weighted by Crippen LogP contribution is -2.40. The third-order valence-electron chi connectivity index (χ3n) is 4.73. The van der Waals surface area contributed by atoms with E-state index < -0.39 is 0 Å². The van der Waals surface area contributed by atoms with Gasteiger partial charge in [0, 0.05) is 38.3 Å². The van der Waals surface area contributed by atoms with E-state index in [4.69, 9.17) is 0 Å². The van der Waals surface area contributed by atoms with Crippen molar-refractivity contribution >= 4 is 17.5 Å². The Morgan fingerprint density at radius 2 is 2.17 bits per heavy atom. The van der Waals surface area contributed by atoms with Crippen LogP contribution in [0, 0.1) is 5.92 Å². The second kappa shape index (κ2) is 7.08. The summed E-state index contributed by atoms with van der Waals surface area (Å²) in [5.41, 5.74) is 1.05. The number of nitrogens with one attached hydrogen (secondary N) is 2. The molecule has 3 heterocycles. The first-order chi connectivity index (χ1) is 11.1. The lowest BCUT2D eigenvalue weighted by atomic mass is 10.0. The van der Waals surface area contributed by atoms with Crippen LogP contribution in [0.4, 0.5) is 5.82 Å². The zero-order chi connectivity index (χ0) is 16.2. The van der Waals surface area contributed by atoms with Crippen molar-refractivity contribution in [2.45, 2.75) is 38.8 Å². The largest absolute Gasteiger partial charge is 0.357 e. The number of aromatic nitrogens is 1. The minimum absolute atomic E-state index is 0.0338. The Labute approximate surface area is 136 Å². The zero-order valence-electron chi connectivity index (χ0n) is 13.5. The summed E-state index contributed by atoms with van der Waals surface area (Å²) < 4.78 is 0. The maximum Gasteiger partial charge on any atom is 0.237 e. The maximum absolute atomic E-state index is 12.2. The third-order valence-corrected chi connectivity index (χ3v) is 4.73. The van der Waals surface area contributed by atoms with E-state index in [-0.39, 0.29) is 23.7 Å². The van der Waals surface area contributed by atoms with Crippen molar-refractivity contribution in [1.82, 2.24) is 15.6 Å². The monoisotopic (exact) mass is 316 g/mol. The van der Waals surface area contributed by atoms with E-state index in [1.54, 1.807) is 13.1 Å². The molecule has 2 aliphatic rings. The van der Waals surface area contributed by atoms with Crippen LogP contribution in [0.5, 0.6) is 0 Å². The zero-order valence-corrected chi connectivity index (χ0v) is 13.5. The Kier molecular flexibility index (Phi) is 4.91. The van der Waals surface area contributed by atoms with Crippen LogP contribution in [-0.2, 0) is 16.1 Å². The molecule has 0 aliphatic carbocycles. The van der Waals surface area contributed by atoms with Crippen molar-refractivity contribution < 1.29 is 9.59 Å². The summed E-state index contributed by atoms with van der Waals surface area (Å²) in [4.78, 5) is 30.3. The van der Waals surface area contributed by atoms with Gasteiger partial charge in [-0.1, -0.05) is 0 Å². The van der Waals surface area contributed by atoms with Gasteiger partial charge in [0.1, 0.15) is 11.6 Å². The van der Waals surface area contributed by atoms with Gasteiger partial charge in [-0.3, -0.25) is 9.59 Å². The number of carbonyl (C=O) groups excluding carboxylic acids is 2. The lowest BCUT2D eigenvalue weighted by molar-refractivity contribution is -0.123. The number of rotatable bonds is 5. The molecule has 6 heteroatoms. The van der Waals surface area contributed by atoms with Crippen LogP contribution in [-0.4, -0.2) is 42.4 Å². The van der Waals surface area contributed by atoms with Crippen molar-refractivity contribution in [3.8, 4) is 0 Å². The summed E-state index contributed by atoms with van der Waals surface area (Å²) >= 11 is 0. The molecule has 2 saturated heterocycles. The fraction of sp³-hybridized carbons (Fsp3) is 0.588. The average Bonchev–Trinajstić information content (AvgIpc) is 3.24. The highest BCUT2D eigenvalue weighted by Gasteiger charge is 2.31. The maximum atomic E-state index is 12.2. The topological polar surface area (TPSA) is 74.3 Å². The highest BCUT2D eigenvalue weighted by molar-refractivity contribution is 5.85. The quantitative estimate of drug-likeness (QED) is 0.843. The third kappa shape index (κ3) is 3.88. The summed E-state index contributed by atoms with van der Waals surface area (Å²) in [6, 6.07) is 3.72. The van der Waals surface area contributed by atoms with Crippen molar-refractivity contribution in [2.24, 2.45) is 5.92 Å². The Bertz CT molecular complexity index is 584. The van der Waals surface area contributed by atoms with Crippen molar-refractivity contribution in [1.29, 1.82) is 0 Å². The molecular weight excluding hydrogens is 292 g/mol. The molecule has 2 unspecified atom stereocenters. The van der Waals surface area contributed by atoms with Gasteiger partial charge in [0.05, 0.1) is 6.04 Å². The summed E-state index contributed by atoms with van der Waals surface area (Å²) in [5.74, 6) is 1.07. The molecule has 2 atom stereocenters. The van der Waals surface area contributed by atoms with E-state index in [0.717, 1.165) is 24.5 Å². The van der Waals surface area contributed by atoms with Crippen LogP contribution < -0.4 is 15.5 Å². The number of Topliss-reactive ketones (excluding diaryl/α,β-unsaturated/α-hetero) is 1. The molecule has 2 aliphatic heterocycles. The van der Waals surface area contributed by atoms with Crippen molar-refractivity contribution in [3.05, 3.63) is 23.9 Å².